The lowest BCUT2D eigenvalue weighted by molar-refractivity contribution is 0.0953. The molecule has 0 heterocycles. The number of aryl methyl sites for hydroxylation is 1. The molecule has 0 atom stereocenters. The third-order valence-corrected chi connectivity index (χ3v) is 4.48. The summed E-state index contributed by atoms with van der Waals surface area (Å²) in [6.45, 7) is 3.27. The van der Waals surface area contributed by atoms with E-state index in [0.29, 0.717) is 31.2 Å². The van der Waals surface area contributed by atoms with Crippen LogP contribution >= 0.6 is 0 Å². The van der Waals surface area contributed by atoms with Crippen LogP contribution in [0.1, 0.15) is 34.3 Å². The molecule has 2 aromatic carbocycles. The number of rotatable bonds is 7. The van der Waals surface area contributed by atoms with Gasteiger partial charge >= 0.3 is 6.03 Å². The van der Waals surface area contributed by atoms with Gasteiger partial charge in [0.2, 0.25) is 0 Å². The first-order valence-corrected chi connectivity index (χ1v) is 9.17. The van der Waals surface area contributed by atoms with E-state index in [-0.39, 0.29) is 17.8 Å². The van der Waals surface area contributed by atoms with Crippen LogP contribution in [0.15, 0.2) is 48.5 Å². The number of hydrogen-bond donors (Lipinski definition) is 2. The topological polar surface area (TPSA) is 61.4 Å². The van der Waals surface area contributed by atoms with Gasteiger partial charge in [0, 0.05) is 31.2 Å². The molecule has 0 bridgehead atoms. The first-order chi connectivity index (χ1) is 13.0. The maximum absolute atomic E-state index is 12.9. The van der Waals surface area contributed by atoms with Crippen molar-refractivity contribution in [1.82, 2.24) is 15.5 Å². The molecule has 0 aliphatic heterocycles. The summed E-state index contributed by atoms with van der Waals surface area (Å²) in [5.74, 6) is -0.671. The molecule has 1 fully saturated rings. The molecule has 0 unspecified atom stereocenters. The number of urea groups is 1. The zero-order valence-electron chi connectivity index (χ0n) is 15.4. The van der Waals surface area contributed by atoms with Gasteiger partial charge in [-0.2, -0.15) is 0 Å². The maximum Gasteiger partial charge on any atom is 0.318 e. The zero-order chi connectivity index (χ0) is 19.2. The SMILES string of the molecule is Cc1cccc(CN(C(=O)NCCNC(=O)c2ccc(F)cc2)C2CC2)c1. The van der Waals surface area contributed by atoms with Crippen LogP contribution in [0.5, 0.6) is 0 Å². The number of nitrogens with zero attached hydrogens (tertiary/aromatic N) is 1. The number of hydrogen-bond acceptors (Lipinski definition) is 2. The Morgan fingerprint density at radius 2 is 1.78 bits per heavy atom. The first kappa shape index (κ1) is 18.9. The van der Waals surface area contributed by atoms with E-state index in [1.165, 1.54) is 29.8 Å². The van der Waals surface area contributed by atoms with E-state index in [4.69, 9.17) is 0 Å². The van der Waals surface area contributed by atoms with Crippen molar-refractivity contribution in [2.24, 2.45) is 0 Å². The normalized spacial score (nSPS) is 13.1. The average Bonchev–Trinajstić information content (AvgIpc) is 3.48. The van der Waals surface area contributed by atoms with Crippen molar-refractivity contribution in [2.45, 2.75) is 32.4 Å². The van der Waals surface area contributed by atoms with E-state index >= 15 is 0 Å². The number of benzene rings is 2. The van der Waals surface area contributed by atoms with Crippen LogP contribution in [0.3, 0.4) is 0 Å². The van der Waals surface area contributed by atoms with Gasteiger partial charge in [-0.15, -0.1) is 0 Å². The molecule has 3 rings (SSSR count). The molecule has 2 aromatic rings. The van der Waals surface area contributed by atoms with Gasteiger partial charge in [0.15, 0.2) is 0 Å². The molecule has 1 aliphatic carbocycles. The van der Waals surface area contributed by atoms with E-state index in [2.05, 4.69) is 16.7 Å². The Morgan fingerprint density at radius 3 is 2.44 bits per heavy atom. The number of carbonyl (C=O) groups is 2. The van der Waals surface area contributed by atoms with Crippen LogP contribution in [-0.4, -0.2) is 36.0 Å². The molecule has 6 heteroatoms. The third kappa shape index (κ3) is 5.54. The quantitative estimate of drug-likeness (QED) is 0.736. The molecular formula is C21H24FN3O2. The highest BCUT2D eigenvalue weighted by molar-refractivity contribution is 5.94. The molecule has 0 aromatic heterocycles. The van der Waals surface area contributed by atoms with Gasteiger partial charge < -0.3 is 15.5 Å². The van der Waals surface area contributed by atoms with Crippen molar-refractivity contribution >= 4 is 11.9 Å². The Hall–Kier alpha value is -2.89. The van der Waals surface area contributed by atoms with E-state index in [1.807, 2.05) is 30.0 Å². The van der Waals surface area contributed by atoms with E-state index in [9.17, 15) is 14.0 Å². The monoisotopic (exact) mass is 369 g/mol. The van der Waals surface area contributed by atoms with Crippen molar-refractivity contribution in [1.29, 1.82) is 0 Å². The van der Waals surface area contributed by atoms with Gasteiger partial charge in [-0.3, -0.25) is 4.79 Å². The summed E-state index contributed by atoms with van der Waals surface area (Å²) in [5, 5.41) is 5.59. The highest BCUT2D eigenvalue weighted by Gasteiger charge is 2.32. The average molecular weight is 369 g/mol. The van der Waals surface area contributed by atoms with Crippen molar-refractivity contribution in [2.75, 3.05) is 13.1 Å². The van der Waals surface area contributed by atoms with Gasteiger partial charge in [0.1, 0.15) is 5.82 Å². The van der Waals surface area contributed by atoms with Crippen LogP contribution in [0.4, 0.5) is 9.18 Å². The molecule has 2 N–H and O–H groups in total. The van der Waals surface area contributed by atoms with Crippen molar-refractivity contribution in [3.05, 3.63) is 71.0 Å². The van der Waals surface area contributed by atoms with Gasteiger partial charge in [0.05, 0.1) is 0 Å². The molecular weight excluding hydrogens is 345 g/mol. The summed E-state index contributed by atoms with van der Waals surface area (Å²) in [4.78, 5) is 26.4. The van der Waals surface area contributed by atoms with Crippen LogP contribution in [0.2, 0.25) is 0 Å². The minimum Gasteiger partial charge on any atom is -0.350 e. The Balaban J connectivity index is 1.45. The number of halogens is 1. The van der Waals surface area contributed by atoms with Crippen LogP contribution < -0.4 is 10.6 Å². The fraction of sp³-hybridized carbons (Fsp3) is 0.333. The highest BCUT2D eigenvalue weighted by atomic mass is 19.1. The largest absolute Gasteiger partial charge is 0.350 e. The van der Waals surface area contributed by atoms with Gasteiger partial charge in [0.25, 0.3) is 5.91 Å². The molecule has 0 spiro atoms. The summed E-state index contributed by atoms with van der Waals surface area (Å²) in [5.41, 5.74) is 2.68. The van der Waals surface area contributed by atoms with Gasteiger partial charge in [-0.05, 0) is 49.6 Å². The highest BCUT2D eigenvalue weighted by Crippen LogP contribution is 2.28. The Kier molecular flexibility index (Phi) is 6.06. The number of amides is 3. The predicted octanol–water partition coefficient (Wildman–Crippen LogP) is 3.24. The summed E-state index contributed by atoms with van der Waals surface area (Å²) < 4.78 is 12.9. The Bertz CT molecular complexity index is 803. The Labute approximate surface area is 158 Å². The minimum atomic E-state index is -0.382. The van der Waals surface area contributed by atoms with Crippen molar-refractivity contribution in [3.8, 4) is 0 Å². The van der Waals surface area contributed by atoms with Crippen LogP contribution in [0, 0.1) is 12.7 Å². The fourth-order valence-corrected chi connectivity index (χ4v) is 2.91. The first-order valence-electron chi connectivity index (χ1n) is 9.17. The van der Waals surface area contributed by atoms with Crippen LogP contribution in [-0.2, 0) is 6.54 Å². The summed E-state index contributed by atoms with van der Waals surface area (Å²) in [7, 11) is 0. The summed E-state index contributed by atoms with van der Waals surface area (Å²) >= 11 is 0. The maximum atomic E-state index is 12.9. The molecule has 1 aliphatic rings. The fourth-order valence-electron chi connectivity index (χ4n) is 2.91. The molecule has 0 saturated heterocycles. The van der Waals surface area contributed by atoms with E-state index < -0.39 is 0 Å². The Morgan fingerprint density at radius 1 is 1.07 bits per heavy atom. The minimum absolute atomic E-state index is 0.116. The van der Waals surface area contributed by atoms with Crippen molar-refractivity contribution in [3.63, 3.8) is 0 Å². The standard InChI is InChI=1S/C21H24FN3O2/c1-15-3-2-4-16(13-15)14-25(19-9-10-19)21(27)24-12-11-23-20(26)17-5-7-18(22)8-6-17/h2-8,13,19H,9-12,14H2,1H3,(H,23,26)(H,24,27). The lowest BCUT2D eigenvalue weighted by atomic mass is 10.1. The number of carbonyl (C=O) groups excluding carboxylic acids is 2. The lowest BCUT2D eigenvalue weighted by Crippen LogP contribution is -2.43. The van der Waals surface area contributed by atoms with Crippen molar-refractivity contribution < 1.29 is 14.0 Å². The summed E-state index contributed by atoms with van der Waals surface area (Å²) in [6, 6.07) is 13.7. The molecule has 0 radical (unpaired) electrons. The third-order valence-electron chi connectivity index (χ3n) is 4.48. The van der Waals surface area contributed by atoms with Gasteiger partial charge in [-0.25, -0.2) is 9.18 Å². The molecule has 1 saturated carbocycles. The molecule has 3 amide bonds. The number of nitrogens with one attached hydrogen (secondary N) is 2. The second-order valence-electron chi connectivity index (χ2n) is 6.84. The predicted molar refractivity (Wildman–Crippen MR) is 102 cm³/mol. The van der Waals surface area contributed by atoms with Gasteiger partial charge in [-0.1, -0.05) is 29.8 Å². The second-order valence-corrected chi connectivity index (χ2v) is 6.84. The van der Waals surface area contributed by atoms with Crippen LogP contribution in [0.25, 0.3) is 0 Å². The molecule has 5 nitrogen and oxygen atoms in total. The summed E-state index contributed by atoms with van der Waals surface area (Å²) in [6.07, 6.45) is 2.06. The zero-order valence-corrected chi connectivity index (χ0v) is 15.4. The molecule has 27 heavy (non-hydrogen) atoms. The smallest absolute Gasteiger partial charge is 0.318 e. The van der Waals surface area contributed by atoms with E-state index in [0.717, 1.165) is 18.4 Å². The van der Waals surface area contributed by atoms with E-state index in [1.54, 1.807) is 0 Å². The molecule has 142 valence electrons. The lowest BCUT2D eigenvalue weighted by Gasteiger charge is -2.23. The second kappa shape index (κ2) is 8.66.